The van der Waals surface area contributed by atoms with Gasteiger partial charge in [0.2, 0.25) is 5.91 Å². The molecule has 2 aromatic carbocycles. The molecule has 0 spiro atoms. The second-order valence-corrected chi connectivity index (χ2v) is 14.6. The van der Waals surface area contributed by atoms with E-state index in [9.17, 15) is 9.90 Å². The number of β-lactam (4-membered cyclic amide) rings is 1. The number of carbonyl (C=O) groups excluding carboxylic acids is 1. The summed E-state index contributed by atoms with van der Waals surface area (Å²) in [5, 5.41) is 11.1. The van der Waals surface area contributed by atoms with Gasteiger partial charge in [-0.05, 0) is 54.4 Å². The van der Waals surface area contributed by atoms with Crippen LogP contribution >= 0.6 is 0 Å². The van der Waals surface area contributed by atoms with Crippen LogP contribution in [0.5, 0.6) is 5.75 Å². The molecule has 2 aromatic rings. The first kappa shape index (κ1) is 23.5. The second kappa shape index (κ2) is 9.15. The molecule has 0 radical (unpaired) electrons. The van der Waals surface area contributed by atoms with Gasteiger partial charge in [-0.1, -0.05) is 51.1 Å². The fourth-order valence-electron chi connectivity index (χ4n) is 3.75. The Bertz CT molecular complexity index is 877. The molecule has 5 nitrogen and oxygen atoms in total. The number of hydrogen-bond acceptors (Lipinski definition) is 4. The van der Waals surface area contributed by atoms with Crippen molar-refractivity contribution in [3.8, 4) is 5.75 Å². The highest BCUT2D eigenvalue weighted by Gasteiger charge is 2.52. The van der Waals surface area contributed by atoms with Gasteiger partial charge >= 0.3 is 0 Å². The molecular weight excluding hydrogens is 406 g/mol. The summed E-state index contributed by atoms with van der Waals surface area (Å²) >= 11 is 0. The van der Waals surface area contributed by atoms with Crippen LogP contribution in [0.3, 0.4) is 0 Å². The third-order valence-electron chi connectivity index (χ3n) is 6.73. The lowest BCUT2D eigenvalue weighted by Gasteiger charge is -2.49. The zero-order chi connectivity index (χ0) is 22.8. The van der Waals surface area contributed by atoms with Crippen LogP contribution in [-0.4, -0.2) is 39.2 Å². The average molecular weight is 442 g/mol. The van der Waals surface area contributed by atoms with Gasteiger partial charge in [-0.15, -0.1) is 0 Å². The number of methoxy groups -OCH3 is 1. The number of rotatable bonds is 8. The highest BCUT2D eigenvalue weighted by atomic mass is 28.4. The Morgan fingerprint density at radius 3 is 2.23 bits per heavy atom. The van der Waals surface area contributed by atoms with Crippen LogP contribution in [0.2, 0.25) is 18.1 Å². The number of para-hydroxylation sites is 1. The summed E-state index contributed by atoms with van der Waals surface area (Å²) in [5.74, 6) is 0.226. The summed E-state index contributed by atoms with van der Waals surface area (Å²) in [5.41, 5.74) is 1.83. The third-order valence-corrected chi connectivity index (χ3v) is 11.3. The molecule has 3 rings (SSSR count). The van der Waals surface area contributed by atoms with Crippen LogP contribution in [0, 0.1) is 5.92 Å². The normalized spacial score (nSPS) is 20.4. The van der Waals surface area contributed by atoms with Gasteiger partial charge in [0.1, 0.15) is 5.75 Å². The van der Waals surface area contributed by atoms with Crippen LogP contribution in [0.15, 0.2) is 54.6 Å². The molecule has 0 aromatic heterocycles. The molecule has 1 heterocycles. The van der Waals surface area contributed by atoms with Crippen LogP contribution in [0.1, 0.15) is 38.8 Å². The monoisotopic (exact) mass is 441 g/mol. The van der Waals surface area contributed by atoms with Crippen molar-refractivity contribution in [1.29, 1.82) is 0 Å². The minimum Gasteiger partial charge on any atom is -0.497 e. The minimum absolute atomic E-state index is 0.0492. The number of aliphatic hydroxyl groups is 1. The molecule has 1 N–H and O–H groups in total. The van der Waals surface area contributed by atoms with Crippen molar-refractivity contribution in [2.45, 2.75) is 57.5 Å². The quantitative estimate of drug-likeness (QED) is 0.453. The van der Waals surface area contributed by atoms with Gasteiger partial charge < -0.3 is 19.2 Å². The molecule has 6 heteroatoms. The molecule has 0 unspecified atom stereocenters. The van der Waals surface area contributed by atoms with Gasteiger partial charge in [-0.2, -0.15) is 0 Å². The number of anilines is 1. The second-order valence-electron chi connectivity index (χ2n) is 9.75. The van der Waals surface area contributed by atoms with E-state index >= 15 is 0 Å². The van der Waals surface area contributed by atoms with E-state index in [4.69, 9.17) is 9.16 Å². The molecule has 1 fully saturated rings. The van der Waals surface area contributed by atoms with Gasteiger partial charge in [0.15, 0.2) is 8.32 Å². The minimum atomic E-state index is -1.89. The first-order valence-corrected chi connectivity index (χ1v) is 13.8. The third kappa shape index (κ3) is 4.86. The summed E-state index contributed by atoms with van der Waals surface area (Å²) in [6.07, 6.45) is -0.317. The number of amides is 1. The maximum atomic E-state index is 13.1. The van der Waals surface area contributed by atoms with Crippen molar-refractivity contribution in [1.82, 2.24) is 0 Å². The van der Waals surface area contributed by atoms with E-state index in [1.165, 1.54) is 0 Å². The molecule has 1 aliphatic rings. The maximum Gasteiger partial charge on any atom is 0.235 e. The molecule has 0 bridgehead atoms. The molecule has 1 aliphatic heterocycles. The van der Waals surface area contributed by atoms with Crippen molar-refractivity contribution in [3.63, 3.8) is 0 Å². The lowest BCUT2D eigenvalue weighted by Crippen LogP contribution is -2.59. The van der Waals surface area contributed by atoms with Crippen LogP contribution in [-0.2, 0) is 9.22 Å². The highest BCUT2D eigenvalue weighted by Crippen LogP contribution is 2.46. The molecular formula is C25H35NO4Si. The molecule has 0 aliphatic carbocycles. The maximum absolute atomic E-state index is 13.1. The zero-order valence-corrected chi connectivity index (χ0v) is 20.5. The van der Waals surface area contributed by atoms with E-state index in [1.54, 1.807) is 12.0 Å². The SMILES string of the molecule is COc1ccc([C@H]2[C@H]([C@H](O)CCO[Si](C)(C)C(C)(C)C)C(=O)N2c2ccccc2)cc1. The topological polar surface area (TPSA) is 59.0 Å². The molecule has 31 heavy (non-hydrogen) atoms. The summed E-state index contributed by atoms with van der Waals surface area (Å²) in [6, 6.07) is 17.1. The lowest BCUT2D eigenvalue weighted by atomic mass is 9.77. The van der Waals surface area contributed by atoms with Crippen molar-refractivity contribution in [2.24, 2.45) is 5.92 Å². The van der Waals surface area contributed by atoms with Crippen molar-refractivity contribution in [2.75, 3.05) is 18.6 Å². The van der Waals surface area contributed by atoms with E-state index in [1.807, 2.05) is 54.6 Å². The molecule has 3 atom stereocenters. The Balaban J connectivity index is 1.78. The number of ether oxygens (including phenoxy) is 1. The number of carbonyl (C=O) groups is 1. The van der Waals surface area contributed by atoms with Crippen molar-refractivity contribution in [3.05, 3.63) is 60.2 Å². The van der Waals surface area contributed by atoms with Gasteiger partial charge in [-0.3, -0.25) is 4.79 Å². The van der Waals surface area contributed by atoms with Crippen LogP contribution < -0.4 is 9.64 Å². The first-order chi connectivity index (χ1) is 14.6. The van der Waals surface area contributed by atoms with Gasteiger partial charge in [0.05, 0.1) is 25.2 Å². The molecule has 168 valence electrons. The Morgan fingerprint density at radius 1 is 1.06 bits per heavy atom. The first-order valence-electron chi connectivity index (χ1n) is 10.9. The Morgan fingerprint density at radius 2 is 1.68 bits per heavy atom. The van der Waals surface area contributed by atoms with Gasteiger partial charge in [-0.25, -0.2) is 0 Å². The zero-order valence-electron chi connectivity index (χ0n) is 19.5. The smallest absolute Gasteiger partial charge is 0.235 e. The molecule has 0 saturated carbocycles. The highest BCUT2D eigenvalue weighted by molar-refractivity contribution is 6.74. The average Bonchev–Trinajstić information content (AvgIpc) is 2.72. The van der Waals surface area contributed by atoms with E-state index in [-0.39, 0.29) is 17.0 Å². The van der Waals surface area contributed by atoms with Gasteiger partial charge in [0.25, 0.3) is 0 Å². The number of nitrogens with zero attached hydrogens (tertiary/aromatic N) is 1. The standard InChI is InChI=1S/C25H35NO4Si/c1-25(2,3)31(5,6)30-17-16-21(27)22-23(18-12-14-20(29-4)15-13-18)26(24(22)28)19-10-8-7-9-11-19/h7-15,21-23,27H,16-17H2,1-6H3/t21-,22+,23+/m1/s1. The van der Waals surface area contributed by atoms with E-state index in [0.29, 0.717) is 13.0 Å². The molecule has 1 saturated heterocycles. The Hall–Kier alpha value is -2.15. The molecule has 1 amide bonds. The number of benzene rings is 2. The largest absolute Gasteiger partial charge is 0.497 e. The predicted molar refractivity (Wildman–Crippen MR) is 127 cm³/mol. The summed E-state index contributed by atoms with van der Waals surface area (Å²) in [4.78, 5) is 14.9. The van der Waals surface area contributed by atoms with E-state index in [0.717, 1.165) is 17.0 Å². The Labute approximate surface area is 187 Å². The fraction of sp³-hybridized carbons (Fsp3) is 0.480. The number of hydrogen-bond donors (Lipinski definition) is 1. The van der Waals surface area contributed by atoms with Gasteiger partial charge in [0, 0.05) is 12.3 Å². The number of aliphatic hydroxyl groups excluding tert-OH is 1. The van der Waals surface area contributed by atoms with Crippen LogP contribution in [0.25, 0.3) is 0 Å². The van der Waals surface area contributed by atoms with Crippen molar-refractivity contribution >= 4 is 19.9 Å². The van der Waals surface area contributed by atoms with E-state index in [2.05, 4.69) is 33.9 Å². The summed E-state index contributed by atoms with van der Waals surface area (Å²) in [6.45, 7) is 11.5. The summed E-state index contributed by atoms with van der Waals surface area (Å²) in [7, 11) is -0.262. The lowest BCUT2D eigenvalue weighted by molar-refractivity contribution is -0.136. The van der Waals surface area contributed by atoms with E-state index < -0.39 is 20.3 Å². The van der Waals surface area contributed by atoms with Crippen LogP contribution in [0.4, 0.5) is 5.69 Å². The predicted octanol–water partition coefficient (Wildman–Crippen LogP) is 5.17. The summed E-state index contributed by atoms with van der Waals surface area (Å²) < 4.78 is 11.5. The fourth-order valence-corrected chi connectivity index (χ4v) is 4.81. The Kier molecular flexibility index (Phi) is 6.94. The van der Waals surface area contributed by atoms with Crippen molar-refractivity contribution < 1.29 is 19.1 Å².